The van der Waals surface area contributed by atoms with Gasteiger partial charge in [0.15, 0.2) is 0 Å². The maximum absolute atomic E-state index is 14.0. The second kappa shape index (κ2) is 6.86. The highest BCUT2D eigenvalue weighted by Crippen LogP contribution is 2.28. The van der Waals surface area contributed by atoms with Crippen LogP contribution in [0.5, 0.6) is 5.75 Å². The predicted molar refractivity (Wildman–Crippen MR) is 82.6 cm³/mol. The summed E-state index contributed by atoms with van der Waals surface area (Å²) in [5, 5.41) is 3.15. The van der Waals surface area contributed by atoms with Crippen molar-refractivity contribution in [2.24, 2.45) is 0 Å². The van der Waals surface area contributed by atoms with Crippen molar-refractivity contribution in [1.82, 2.24) is 5.32 Å². The minimum Gasteiger partial charge on any atom is -0.494 e. The summed E-state index contributed by atoms with van der Waals surface area (Å²) in [5.41, 5.74) is 1.61. The van der Waals surface area contributed by atoms with Crippen LogP contribution < -0.4 is 10.1 Å². The highest BCUT2D eigenvalue weighted by atomic mass is 79.9. The Bertz CT molecular complexity index is 571. The van der Waals surface area contributed by atoms with E-state index in [1.807, 2.05) is 38.2 Å². The Labute approximate surface area is 127 Å². The van der Waals surface area contributed by atoms with E-state index in [9.17, 15) is 4.39 Å². The van der Waals surface area contributed by atoms with Gasteiger partial charge in [0, 0.05) is 10.0 Å². The zero-order valence-corrected chi connectivity index (χ0v) is 13.1. The minimum atomic E-state index is -0.221. The van der Waals surface area contributed by atoms with Gasteiger partial charge >= 0.3 is 0 Å². The van der Waals surface area contributed by atoms with Crippen LogP contribution in [0.1, 0.15) is 24.1 Å². The number of benzene rings is 2. The van der Waals surface area contributed by atoms with Crippen molar-refractivity contribution in [3.8, 4) is 5.75 Å². The van der Waals surface area contributed by atoms with Gasteiger partial charge in [-0.3, -0.25) is 0 Å². The first-order valence-electron chi connectivity index (χ1n) is 6.50. The molecule has 1 N–H and O–H groups in total. The predicted octanol–water partition coefficient (Wildman–Crippen LogP) is 4.30. The van der Waals surface area contributed by atoms with Gasteiger partial charge in [0.25, 0.3) is 0 Å². The van der Waals surface area contributed by atoms with E-state index in [0.29, 0.717) is 12.2 Å². The lowest BCUT2D eigenvalue weighted by molar-refractivity contribution is 0.340. The van der Waals surface area contributed by atoms with E-state index in [0.717, 1.165) is 15.8 Å². The Balaban J connectivity index is 2.34. The smallest absolute Gasteiger partial charge is 0.128 e. The van der Waals surface area contributed by atoms with E-state index in [-0.39, 0.29) is 11.9 Å². The normalized spacial score (nSPS) is 12.2. The third kappa shape index (κ3) is 3.38. The average molecular weight is 338 g/mol. The average Bonchev–Trinajstić information content (AvgIpc) is 2.45. The van der Waals surface area contributed by atoms with E-state index in [4.69, 9.17) is 4.74 Å². The molecule has 2 rings (SSSR count). The highest BCUT2D eigenvalue weighted by molar-refractivity contribution is 9.10. The van der Waals surface area contributed by atoms with Crippen LogP contribution in [0.2, 0.25) is 0 Å². The molecule has 0 saturated carbocycles. The van der Waals surface area contributed by atoms with Gasteiger partial charge in [-0.2, -0.15) is 0 Å². The molecule has 20 heavy (non-hydrogen) atoms. The van der Waals surface area contributed by atoms with Gasteiger partial charge in [-0.25, -0.2) is 4.39 Å². The number of rotatable bonds is 5. The molecule has 0 heterocycles. The molecule has 0 bridgehead atoms. The number of ether oxygens (including phenoxy) is 1. The van der Waals surface area contributed by atoms with Gasteiger partial charge < -0.3 is 10.1 Å². The lowest BCUT2D eigenvalue weighted by atomic mass is 9.98. The first kappa shape index (κ1) is 15.0. The fourth-order valence-corrected chi connectivity index (χ4v) is 2.54. The quantitative estimate of drug-likeness (QED) is 0.878. The lowest BCUT2D eigenvalue weighted by Crippen LogP contribution is -2.19. The van der Waals surface area contributed by atoms with Gasteiger partial charge in [-0.15, -0.1) is 0 Å². The van der Waals surface area contributed by atoms with Crippen LogP contribution in [0.25, 0.3) is 0 Å². The second-order valence-corrected chi connectivity index (χ2v) is 5.31. The number of hydrogen-bond donors (Lipinski definition) is 1. The summed E-state index contributed by atoms with van der Waals surface area (Å²) in [6.07, 6.45) is 0. The van der Waals surface area contributed by atoms with Crippen LogP contribution in [0.15, 0.2) is 46.9 Å². The molecule has 4 heteroatoms. The van der Waals surface area contributed by atoms with Gasteiger partial charge in [-0.1, -0.05) is 28.1 Å². The van der Waals surface area contributed by atoms with Crippen LogP contribution in [0.4, 0.5) is 4.39 Å². The van der Waals surface area contributed by atoms with Crippen LogP contribution >= 0.6 is 15.9 Å². The fraction of sp³-hybridized carbons (Fsp3) is 0.250. The third-order valence-corrected chi connectivity index (χ3v) is 3.58. The van der Waals surface area contributed by atoms with Gasteiger partial charge in [0.05, 0.1) is 12.6 Å². The Morgan fingerprint density at radius 3 is 2.50 bits per heavy atom. The van der Waals surface area contributed by atoms with Crippen molar-refractivity contribution < 1.29 is 9.13 Å². The molecule has 0 aliphatic rings. The molecule has 0 aromatic heterocycles. The zero-order valence-electron chi connectivity index (χ0n) is 11.5. The van der Waals surface area contributed by atoms with E-state index >= 15 is 0 Å². The number of hydrogen-bond acceptors (Lipinski definition) is 2. The summed E-state index contributed by atoms with van der Waals surface area (Å²) in [6.45, 7) is 2.58. The first-order chi connectivity index (χ1) is 9.65. The molecule has 0 saturated heterocycles. The van der Waals surface area contributed by atoms with Gasteiger partial charge in [-0.05, 0) is 49.9 Å². The molecule has 1 unspecified atom stereocenters. The van der Waals surface area contributed by atoms with E-state index in [2.05, 4.69) is 21.2 Å². The molecule has 106 valence electrons. The Morgan fingerprint density at radius 2 is 1.90 bits per heavy atom. The lowest BCUT2D eigenvalue weighted by Gasteiger charge is -2.18. The Hall–Kier alpha value is -1.39. The summed E-state index contributed by atoms with van der Waals surface area (Å²) >= 11 is 3.38. The van der Waals surface area contributed by atoms with Gasteiger partial charge in [0.2, 0.25) is 0 Å². The summed E-state index contributed by atoms with van der Waals surface area (Å²) in [7, 11) is 1.82. The summed E-state index contributed by atoms with van der Waals surface area (Å²) in [4.78, 5) is 0. The number of nitrogens with one attached hydrogen (secondary N) is 1. The van der Waals surface area contributed by atoms with Crippen molar-refractivity contribution >= 4 is 15.9 Å². The molecule has 0 fully saturated rings. The SMILES string of the molecule is CCOc1ccc(C(NC)c2cc(Br)ccc2F)cc1. The van der Waals surface area contributed by atoms with Crippen molar-refractivity contribution in [1.29, 1.82) is 0 Å². The van der Waals surface area contributed by atoms with Gasteiger partial charge in [0.1, 0.15) is 11.6 Å². The molecule has 2 aromatic carbocycles. The summed E-state index contributed by atoms with van der Waals surface area (Å²) in [5.74, 6) is 0.599. The monoisotopic (exact) mass is 337 g/mol. The third-order valence-electron chi connectivity index (χ3n) is 3.08. The zero-order chi connectivity index (χ0) is 14.5. The van der Waals surface area contributed by atoms with Crippen LogP contribution in [-0.2, 0) is 0 Å². The van der Waals surface area contributed by atoms with E-state index in [1.165, 1.54) is 6.07 Å². The van der Waals surface area contributed by atoms with Crippen LogP contribution in [0.3, 0.4) is 0 Å². The van der Waals surface area contributed by atoms with E-state index < -0.39 is 0 Å². The molecule has 2 aromatic rings. The largest absolute Gasteiger partial charge is 0.494 e. The van der Waals surface area contributed by atoms with Crippen molar-refractivity contribution in [2.45, 2.75) is 13.0 Å². The van der Waals surface area contributed by atoms with E-state index in [1.54, 1.807) is 12.1 Å². The Morgan fingerprint density at radius 1 is 1.20 bits per heavy atom. The molecule has 0 spiro atoms. The molecule has 0 aliphatic heterocycles. The standard InChI is InChI=1S/C16H17BrFNO/c1-3-20-13-7-4-11(5-8-13)16(19-2)14-10-12(17)6-9-15(14)18/h4-10,16,19H,3H2,1-2H3. The van der Waals surface area contributed by atoms with Crippen LogP contribution in [0, 0.1) is 5.82 Å². The molecule has 0 amide bonds. The maximum atomic E-state index is 14.0. The molecular weight excluding hydrogens is 321 g/mol. The van der Waals surface area contributed by atoms with Crippen molar-refractivity contribution in [3.63, 3.8) is 0 Å². The number of halogens is 2. The van der Waals surface area contributed by atoms with Crippen LogP contribution in [-0.4, -0.2) is 13.7 Å². The molecule has 0 radical (unpaired) electrons. The molecular formula is C16H17BrFNO. The second-order valence-electron chi connectivity index (χ2n) is 4.39. The molecule has 1 atom stereocenters. The molecule has 2 nitrogen and oxygen atoms in total. The highest BCUT2D eigenvalue weighted by Gasteiger charge is 2.16. The minimum absolute atomic E-state index is 0.192. The summed E-state index contributed by atoms with van der Waals surface area (Å²) in [6, 6.07) is 12.5. The maximum Gasteiger partial charge on any atom is 0.128 e. The van der Waals surface area contributed by atoms with Crippen molar-refractivity contribution in [3.05, 3.63) is 63.9 Å². The topological polar surface area (TPSA) is 21.3 Å². The van der Waals surface area contributed by atoms with Crippen molar-refractivity contribution in [2.75, 3.05) is 13.7 Å². The first-order valence-corrected chi connectivity index (χ1v) is 7.30. The summed E-state index contributed by atoms with van der Waals surface area (Å²) < 4.78 is 20.3. The fourth-order valence-electron chi connectivity index (χ4n) is 2.16. The Kier molecular flexibility index (Phi) is 5.15. The molecule has 0 aliphatic carbocycles.